The van der Waals surface area contributed by atoms with Crippen LogP contribution in [-0.4, -0.2) is 59.4 Å². The van der Waals surface area contributed by atoms with Gasteiger partial charge in [-0.1, -0.05) is 37.3 Å². The number of hydrogen-bond donors (Lipinski definition) is 2. The molecule has 1 aromatic rings. The van der Waals surface area contributed by atoms with Gasteiger partial charge >= 0.3 is 6.03 Å². The molecule has 2 aliphatic rings. The molecule has 2 heterocycles. The number of likely N-dealkylation sites (tertiary alicyclic amines) is 1. The molecule has 0 radical (unpaired) electrons. The van der Waals surface area contributed by atoms with Crippen LogP contribution in [0, 0.1) is 0 Å². The average Bonchev–Trinajstić information content (AvgIpc) is 3.25. The topological polar surface area (TPSA) is 81.8 Å². The number of carbonyl (C=O) groups excluding carboxylic acids is 3. The lowest BCUT2D eigenvalue weighted by Gasteiger charge is -2.22. The molecule has 0 bridgehead atoms. The largest absolute Gasteiger partial charge is 0.355 e. The van der Waals surface area contributed by atoms with E-state index in [1.807, 2.05) is 30.3 Å². The van der Waals surface area contributed by atoms with Crippen molar-refractivity contribution >= 4 is 17.8 Å². The lowest BCUT2D eigenvalue weighted by molar-refractivity contribution is -0.128. The molecule has 0 spiro atoms. The summed E-state index contributed by atoms with van der Waals surface area (Å²) in [6.45, 7) is 5.13. The highest BCUT2D eigenvalue weighted by Crippen LogP contribution is 2.17. The lowest BCUT2D eigenvalue weighted by atomic mass is 10.1. The van der Waals surface area contributed by atoms with E-state index >= 15 is 0 Å². The number of rotatable bonds is 8. The van der Waals surface area contributed by atoms with E-state index in [9.17, 15) is 14.4 Å². The van der Waals surface area contributed by atoms with Gasteiger partial charge in [0.1, 0.15) is 6.04 Å². The lowest BCUT2D eigenvalue weighted by Crippen LogP contribution is -2.40. The molecule has 0 aliphatic carbocycles. The zero-order valence-electron chi connectivity index (χ0n) is 15.8. The minimum Gasteiger partial charge on any atom is -0.355 e. The van der Waals surface area contributed by atoms with Gasteiger partial charge in [0.25, 0.3) is 5.91 Å². The highest BCUT2D eigenvalue weighted by molar-refractivity contribution is 6.04. The van der Waals surface area contributed by atoms with Crippen molar-refractivity contribution in [2.45, 2.75) is 51.2 Å². The van der Waals surface area contributed by atoms with Crippen LogP contribution in [0.5, 0.6) is 0 Å². The minimum absolute atomic E-state index is 0.0680. The maximum absolute atomic E-state index is 12.5. The van der Waals surface area contributed by atoms with Crippen LogP contribution in [0.1, 0.15) is 38.2 Å². The van der Waals surface area contributed by atoms with Crippen molar-refractivity contribution in [2.24, 2.45) is 0 Å². The van der Waals surface area contributed by atoms with Gasteiger partial charge in [0.15, 0.2) is 0 Å². The summed E-state index contributed by atoms with van der Waals surface area (Å²) in [5, 5.41) is 5.66. The van der Waals surface area contributed by atoms with Crippen molar-refractivity contribution < 1.29 is 14.4 Å². The zero-order chi connectivity index (χ0) is 19.2. The molecule has 4 amide bonds. The second-order valence-electron chi connectivity index (χ2n) is 7.18. The van der Waals surface area contributed by atoms with E-state index in [0.717, 1.165) is 25.1 Å². The smallest absolute Gasteiger partial charge is 0.325 e. The molecule has 7 nitrogen and oxygen atoms in total. The molecule has 2 saturated heterocycles. The van der Waals surface area contributed by atoms with Gasteiger partial charge in [0, 0.05) is 19.0 Å². The number of carbonyl (C=O) groups is 3. The van der Waals surface area contributed by atoms with Crippen LogP contribution in [0.15, 0.2) is 30.3 Å². The fourth-order valence-corrected chi connectivity index (χ4v) is 3.83. The maximum atomic E-state index is 12.5. The highest BCUT2D eigenvalue weighted by atomic mass is 16.2. The minimum atomic E-state index is -0.620. The molecule has 7 heteroatoms. The Morgan fingerprint density at radius 2 is 2.04 bits per heavy atom. The van der Waals surface area contributed by atoms with E-state index in [-0.39, 0.29) is 30.8 Å². The molecule has 2 unspecified atom stereocenters. The van der Waals surface area contributed by atoms with Crippen LogP contribution >= 0.6 is 0 Å². The van der Waals surface area contributed by atoms with E-state index in [2.05, 4.69) is 22.5 Å². The Morgan fingerprint density at radius 1 is 1.26 bits per heavy atom. The fourth-order valence-electron chi connectivity index (χ4n) is 3.83. The fraction of sp³-hybridized carbons (Fsp3) is 0.550. The summed E-state index contributed by atoms with van der Waals surface area (Å²) in [7, 11) is 0. The van der Waals surface area contributed by atoms with Crippen LogP contribution in [0.2, 0.25) is 0 Å². The van der Waals surface area contributed by atoms with E-state index in [0.29, 0.717) is 19.0 Å². The quantitative estimate of drug-likeness (QED) is 0.678. The molecule has 146 valence electrons. The Bertz CT molecular complexity index is 679. The second kappa shape index (κ2) is 8.99. The Labute approximate surface area is 160 Å². The molecule has 3 rings (SSSR count). The molecule has 27 heavy (non-hydrogen) atoms. The first-order valence-corrected chi connectivity index (χ1v) is 9.75. The average molecular weight is 372 g/mol. The SMILES string of the molecule is CCN1CCCC1CNC(=O)CCC1NC(=O)N(Cc2ccccc2)C1=O. The van der Waals surface area contributed by atoms with Gasteiger partial charge in [0.2, 0.25) is 5.91 Å². The van der Waals surface area contributed by atoms with Gasteiger partial charge in [-0.05, 0) is 37.9 Å². The molecule has 2 N–H and O–H groups in total. The van der Waals surface area contributed by atoms with Crippen molar-refractivity contribution in [3.63, 3.8) is 0 Å². The van der Waals surface area contributed by atoms with Crippen LogP contribution < -0.4 is 10.6 Å². The van der Waals surface area contributed by atoms with Crippen LogP contribution in [-0.2, 0) is 16.1 Å². The van der Waals surface area contributed by atoms with E-state index < -0.39 is 6.04 Å². The molecule has 2 atom stereocenters. The number of benzene rings is 1. The van der Waals surface area contributed by atoms with Crippen molar-refractivity contribution in [1.29, 1.82) is 0 Å². The van der Waals surface area contributed by atoms with Gasteiger partial charge in [-0.3, -0.25) is 19.4 Å². The predicted molar refractivity (Wildman–Crippen MR) is 102 cm³/mol. The van der Waals surface area contributed by atoms with Crippen molar-refractivity contribution in [3.05, 3.63) is 35.9 Å². The summed E-state index contributed by atoms with van der Waals surface area (Å²) in [5.41, 5.74) is 0.899. The molecule has 1 aromatic carbocycles. The van der Waals surface area contributed by atoms with E-state index in [4.69, 9.17) is 0 Å². The Morgan fingerprint density at radius 3 is 2.78 bits per heavy atom. The standard InChI is InChI=1S/C20H28N4O3/c1-2-23-12-6-9-16(23)13-21-18(25)11-10-17-19(26)24(20(27)22-17)14-15-7-4-3-5-8-15/h3-5,7-8,16-17H,2,6,9-14H2,1H3,(H,21,25)(H,22,27). The molecular weight excluding hydrogens is 344 g/mol. The Hall–Kier alpha value is -2.41. The van der Waals surface area contributed by atoms with Gasteiger partial charge in [0.05, 0.1) is 6.54 Å². The van der Waals surface area contributed by atoms with E-state index in [1.165, 1.54) is 11.3 Å². The number of likely N-dealkylation sites (N-methyl/N-ethyl adjacent to an activating group) is 1. The van der Waals surface area contributed by atoms with Crippen molar-refractivity contribution in [3.8, 4) is 0 Å². The number of nitrogens with one attached hydrogen (secondary N) is 2. The zero-order valence-corrected chi connectivity index (χ0v) is 15.8. The van der Waals surface area contributed by atoms with Crippen LogP contribution in [0.4, 0.5) is 4.79 Å². The van der Waals surface area contributed by atoms with Crippen molar-refractivity contribution in [1.82, 2.24) is 20.4 Å². The summed E-state index contributed by atoms with van der Waals surface area (Å²) in [6, 6.07) is 8.80. The molecule has 2 fully saturated rings. The maximum Gasteiger partial charge on any atom is 0.325 e. The van der Waals surface area contributed by atoms with Crippen molar-refractivity contribution in [2.75, 3.05) is 19.6 Å². The molecule has 0 aromatic heterocycles. The monoisotopic (exact) mass is 372 g/mol. The molecular formula is C20H28N4O3. The van der Waals surface area contributed by atoms with Gasteiger partial charge in [-0.15, -0.1) is 0 Å². The number of nitrogens with zero attached hydrogens (tertiary/aromatic N) is 2. The number of urea groups is 1. The second-order valence-corrected chi connectivity index (χ2v) is 7.18. The summed E-state index contributed by atoms with van der Waals surface area (Å²) < 4.78 is 0. The number of imide groups is 1. The van der Waals surface area contributed by atoms with Gasteiger partial charge in [-0.25, -0.2) is 4.79 Å². The number of amides is 4. The van der Waals surface area contributed by atoms with Gasteiger partial charge in [-0.2, -0.15) is 0 Å². The first-order chi connectivity index (χ1) is 13.1. The summed E-state index contributed by atoms with van der Waals surface area (Å²) >= 11 is 0. The Balaban J connectivity index is 1.43. The summed E-state index contributed by atoms with van der Waals surface area (Å²) in [6.07, 6.45) is 2.84. The third-order valence-electron chi connectivity index (χ3n) is 5.39. The predicted octanol–water partition coefficient (Wildman–Crippen LogP) is 1.49. The van der Waals surface area contributed by atoms with Crippen LogP contribution in [0.3, 0.4) is 0 Å². The summed E-state index contributed by atoms with van der Waals surface area (Å²) in [5.74, 6) is -0.328. The summed E-state index contributed by atoms with van der Waals surface area (Å²) in [4.78, 5) is 40.3. The normalized spacial score (nSPS) is 22.9. The first-order valence-electron chi connectivity index (χ1n) is 9.75. The third kappa shape index (κ3) is 4.86. The highest BCUT2D eigenvalue weighted by Gasteiger charge is 2.37. The van der Waals surface area contributed by atoms with Crippen LogP contribution in [0.25, 0.3) is 0 Å². The van der Waals surface area contributed by atoms with E-state index in [1.54, 1.807) is 0 Å². The van der Waals surface area contributed by atoms with Gasteiger partial charge < -0.3 is 10.6 Å². The molecule has 2 aliphatic heterocycles. The first kappa shape index (κ1) is 19.4. The third-order valence-corrected chi connectivity index (χ3v) is 5.39. The molecule has 0 saturated carbocycles. The number of hydrogen-bond acceptors (Lipinski definition) is 4. The Kier molecular flexibility index (Phi) is 6.45.